The predicted octanol–water partition coefficient (Wildman–Crippen LogP) is 3.12. The maximum absolute atomic E-state index is 12.3. The molecule has 118 valence electrons. The van der Waals surface area contributed by atoms with Gasteiger partial charge in [-0.25, -0.2) is 0 Å². The molecule has 1 heterocycles. The molecule has 0 aliphatic rings. The van der Waals surface area contributed by atoms with Crippen LogP contribution in [-0.2, 0) is 0 Å². The average Bonchev–Trinajstić information content (AvgIpc) is 3.03. The zero-order valence-corrected chi connectivity index (χ0v) is 13.4. The maximum atomic E-state index is 12.3. The number of nitrogens with one attached hydrogen (secondary N) is 2. The molecular weight excluding hydrogens is 312 g/mol. The van der Waals surface area contributed by atoms with Crippen molar-refractivity contribution in [3.05, 3.63) is 64.4 Å². The van der Waals surface area contributed by atoms with Crippen LogP contribution in [0.2, 0.25) is 0 Å². The van der Waals surface area contributed by atoms with Crippen molar-refractivity contribution in [3.8, 4) is 0 Å². The molecule has 2 amide bonds. The third kappa shape index (κ3) is 4.14. The second-order valence-electron chi connectivity index (χ2n) is 4.72. The van der Waals surface area contributed by atoms with Gasteiger partial charge in [0.05, 0.1) is 21.0 Å². The molecule has 5 nitrogen and oxygen atoms in total. The lowest BCUT2D eigenvalue weighted by atomic mass is 10.1. The van der Waals surface area contributed by atoms with Crippen LogP contribution in [0.1, 0.15) is 36.6 Å². The van der Waals surface area contributed by atoms with E-state index >= 15 is 0 Å². The molecule has 2 aromatic rings. The summed E-state index contributed by atoms with van der Waals surface area (Å²) in [6, 6.07) is 9.94. The third-order valence-corrected chi connectivity index (χ3v) is 4.19. The van der Waals surface area contributed by atoms with E-state index in [1.807, 2.05) is 0 Å². The fourth-order valence-corrected chi connectivity index (χ4v) is 2.68. The molecule has 0 aliphatic heterocycles. The molecule has 6 heteroatoms. The standard InChI is InChI=1S/C17H16N2O3S/c1-3-10-18-16(21)12-6-4-5-7-13(12)19-17(22)15-9-8-14(23-15)11(2)20/h3-9H,1,10H2,2H3,(H,18,21)(H,19,22). The first-order valence-electron chi connectivity index (χ1n) is 6.93. The highest BCUT2D eigenvalue weighted by atomic mass is 32.1. The van der Waals surface area contributed by atoms with Crippen LogP contribution in [0.5, 0.6) is 0 Å². The van der Waals surface area contributed by atoms with E-state index in [0.717, 1.165) is 11.3 Å². The Kier molecular flexibility index (Phi) is 5.43. The van der Waals surface area contributed by atoms with Gasteiger partial charge >= 0.3 is 0 Å². The number of ketones is 1. The van der Waals surface area contributed by atoms with E-state index in [-0.39, 0.29) is 17.6 Å². The van der Waals surface area contributed by atoms with Crippen molar-refractivity contribution in [2.45, 2.75) is 6.92 Å². The summed E-state index contributed by atoms with van der Waals surface area (Å²) in [7, 11) is 0. The number of amides is 2. The van der Waals surface area contributed by atoms with Gasteiger partial charge < -0.3 is 10.6 Å². The molecule has 0 unspecified atom stereocenters. The van der Waals surface area contributed by atoms with Gasteiger partial charge in [-0.15, -0.1) is 17.9 Å². The van der Waals surface area contributed by atoms with Crippen LogP contribution in [-0.4, -0.2) is 24.1 Å². The minimum Gasteiger partial charge on any atom is -0.349 e. The van der Waals surface area contributed by atoms with Crippen molar-refractivity contribution in [3.63, 3.8) is 0 Å². The molecular formula is C17H16N2O3S. The van der Waals surface area contributed by atoms with Crippen LogP contribution in [0.15, 0.2) is 49.1 Å². The number of carbonyl (C=O) groups excluding carboxylic acids is 3. The molecule has 2 N–H and O–H groups in total. The molecule has 0 radical (unpaired) electrons. The summed E-state index contributed by atoms with van der Waals surface area (Å²) in [6.45, 7) is 5.34. The average molecular weight is 328 g/mol. The van der Waals surface area contributed by atoms with Gasteiger partial charge in [0.15, 0.2) is 5.78 Å². The van der Waals surface area contributed by atoms with Crippen LogP contribution < -0.4 is 10.6 Å². The third-order valence-electron chi connectivity index (χ3n) is 3.00. The van der Waals surface area contributed by atoms with Gasteiger partial charge in [-0.05, 0) is 31.2 Å². The van der Waals surface area contributed by atoms with Crippen molar-refractivity contribution in [1.29, 1.82) is 0 Å². The lowest BCUT2D eigenvalue weighted by Crippen LogP contribution is -2.25. The smallest absolute Gasteiger partial charge is 0.265 e. The normalized spacial score (nSPS) is 9.96. The number of hydrogen-bond donors (Lipinski definition) is 2. The highest BCUT2D eigenvalue weighted by Crippen LogP contribution is 2.20. The van der Waals surface area contributed by atoms with Crippen molar-refractivity contribution >= 4 is 34.6 Å². The van der Waals surface area contributed by atoms with Gasteiger partial charge in [0, 0.05) is 6.54 Å². The molecule has 1 aromatic carbocycles. The number of anilines is 1. The van der Waals surface area contributed by atoms with Gasteiger partial charge in [0.1, 0.15) is 0 Å². The van der Waals surface area contributed by atoms with Gasteiger partial charge in [-0.2, -0.15) is 0 Å². The molecule has 2 rings (SSSR count). The van der Waals surface area contributed by atoms with E-state index in [2.05, 4.69) is 17.2 Å². The van der Waals surface area contributed by atoms with E-state index in [1.54, 1.807) is 42.5 Å². The number of carbonyl (C=O) groups is 3. The second kappa shape index (κ2) is 7.51. The number of rotatable bonds is 6. The van der Waals surface area contributed by atoms with Crippen molar-refractivity contribution < 1.29 is 14.4 Å². The Labute approximate surface area is 138 Å². The van der Waals surface area contributed by atoms with Crippen LogP contribution in [0.3, 0.4) is 0 Å². The van der Waals surface area contributed by atoms with E-state index in [0.29, 0.717) is 27.5 Å². The predicted molar refractivity (Wildman–Crippen MR) is 91.2 cm³/mol. The lowest BCUT2D eigenvalue weighted by molar-refractivity contribution is 0.0957. The molecule has 0 aliphatic carbocycles. The Morgan fingerprint density at radius 2 is 1.78 bits per heavy atom. The number of thiophene rings is 1. The molecule has 0 fully saturated rings. The molecule has 1 aromatic heterocycles. The monoisotopic (exact) mass is 328 g/mol. The molecule has 0 spiro atoms. The SMILES string of the molecule is C=CCNC(=O)c1ccccc1NC(=O)c1ccc(C(C)=O)s1. The van der Waals surface area contributed by atoms with Crippen LogP contribution in [0, 0.1) is 0 Å². The fourth-order valence-electron chi connectivity index (χ4n) is 1.88. The van der Waals surface area contributed by atoms with Crippen molar-refractivity contribution in [2.24, 2.45) is 0 Å². The first-order valence-corrected chi connectivity index (χ1v) is 7.75. The number of benzene rings is 1. The fraction of sp³-hybridized carbons (Fsp3) is 0.118. The maximum Gasteiger partial charge on any atom is 0.265 e. The van der Waals surface area contributed by atoms with Crippen molar-refractivity contribution in [1.82, 2.24) is 5.32 Å². The quantitative estimate of drug-likeness (QED) is 0.632. The van der Waals surface area contributed by atoms with Crippen LogP contribution in [0.4, 0.5) is 5.69 Å². The zero-order chi connectivity index (χ0) is 16.8. The number of hydrogen-bond acceptors (Lipinski definition) is 4. The highest BCUT2D eigenvalue weighted by molar-refractivity contribution is 7.16. The summed E-state index contributed by atoms with van der Waals surface area (Å²) < 4.78 is 0. The summed E-state index contributed by atoms with van der Waals surface area (Å²) in [5.41, 5.74) is 0.780. The van der Waals surface area contributed by atoms with Gasteiger partial charge in [-0.3, -0.25) is 14.4 Å². The second-order valence-corrected chi connectivity index (χ2v) is 5.80. The number of para-hydroxylation sites is 1. The van der Waals surface area contributed by atoms with Crippen LogP contribution in [0.25, 0.3) is 0 Å². The summed E-state index contributed by atoms with van der Waals surface area (Å²) in [6.07, 6.45) is 1.58. The summed E-state index contributed by atoms with van der Waals surface area (Å²) in [5.74, 6) is -0.735. The molecule has 0 saturated heterocycles. The van der Waals surface area contributed by atoms with E-state index in [4.69, 9.17) is 0 Å². The lowest BCUT2D eigenvalue weighted by Gasteiger charge is -2.10. The zero-order valence-electron chi connectivity index (χ0n) is 12.6. The van der Waals surface area contributed by atoms with E-state index in [9.17, 15) is 14.4 Å². The van der Waals surface area contributed by atoms with E-state index < -0.39 is 0 Å². The Morgan fingerprint density at radius 3 is 2.43 bits per heavy atom. The largest absolute Gasteiger partial charge is 0.349 e. The molecule has 0 atom stereocenters. The minimum absolute atomic E-state index is 0.0850. The Balaban J connectivity index is 2.18. The van der Waals surface area contributed by atoms with Gasteiger partial charge in [-0.1, -0.05) is 18.2 Å². The summed E-state index contributed by atoms with van der Waals surface area (Å²) >= 11 is 1.12. The Morgan fingerprint density at radius 1 is 1.09 bits per heavy atom. The van der Waals surface area contributed by atoms with Crippen molar-refractivity contribution in [2.75, 3.05) is 11.9 Å². The molecule has 0 bridgehead atoms. The minimum atomic E-state index is -0.355. The molecule has 23 heavy (non-hydrogen) atoms. The molecule has 0 saturated carbocycles. The summed E-state index contributed by atoms with van der Waals surface area (Å²) in [4.78, 5) is 36.6. The first-order chi connectivity index (χ1) is 11.0. The topological polar surface area (TPSA) is 75.3 Å². The van der Waals surface area contributed by atoms with Crippen LogP contribution >= 0.6 is 11.3 Å². The van der Waals surface area contributed by atoms with Gasteiger partial charge in [0.2, 0.25) is 0 Å². The Hall–Kier alpha value is -2.73. The number of Topliss-reactive ketones (excluding diaryl/α,β-unsaturated/α-hetero) is 1. The first kappa shape index (κ1) is 16.6. The van der Waals surface area contributed by atoms with E-state index in [1.165, 1.54) is 6.92 Å². The highest BCUT2D eigenvalue weighted by Gasteiger charge is 2.15. The Bertz CT molecular complexity index is 765. The van der Waals surface area contributed by atoms with Gasteiger partial charge in [0.25, 0.3) is 11.8 Å². The summed E-state index contributed by atoms with van der Waals surface area (Å²) in [5, 5.41) is 5.38.